The Morgan fingerprint density at radius 1 is 1.47 bits per heavy atom. The van der Waals surface area contributed by atoms with Crippen LogP contribution in [0.4, 0.5) is 0 Å². The summed E-state index contributed by atoms with van der Waals surface area (Å²) in [5, 5.41) is 12.7. The highest BCUT2D eigenvalue weighted by Crippen LogP contribution is 2.32. The zero-order valence-electron chi connectivity index (χ0n) is 11.8. The largest absolute Gasteiger partial charge is 0.490 e. The maximum absolute atomic E-state index is 9.35. The maximum atomic E-state index is 9.35. The average Bonchev–Trinajstić information content (AvgIpc) is 2.83. The van der Waals surface area contributed by atoms with E-state index >= 15 is 0 Å². The van der Waals surface area contributed by atoms with Gasteiger partial charge in [-0.25, -0.2) is 0 Å². The van der Waals surface area contributed by atoms with Crippen LogP contribution in [0.1, 0.15) is 38.7 Å². The van der Waals surface area contributed by atoms with E-state index in [1.165, 1.54) is 5.56 Å². The average molecular weight is 258 g/mol. The predicted octanol–water partition coefficient (Wildman–Crippen LogP) is 3.05. The van der Waals surface area contributed by atoms with Crippen LogP contribution >= 0.6 is 0 Å². The van der Waals surface area contributed by atoms with Crippen molar-refractivity contribution in [3.8, 4) is 11.8 Å². The van der Waals surface area contributed by atoms with Crippen LogP contribution in [0.25, 0.3) is 0 Å². The molecule has 0 bridgehead atoms. The number of ether oxygens (including phenoxy) is 1. The molecule has 1 aliphatic rings. The van der Waals surface area contributed by atoms with Crippen LogP contribution in [0.2, 0.25) is 0 Å². The van der Waals surface area contributed by atoms with Crippen molar-refractivity contribution in [2.75, 3.05) is 6.54 Å². The Bertz CT molecular complexity index is 466. The maximum Gasteiger partial charge on any atom is 0.119 e. The molecule has 1 aliphatic carbocycles. The second-order valence-corrected chi connectivity index (χ2v) is 5.21. The molecular weight excluding hydrogens is 236 g/mol. The second-order valence-electron chi connectivity index (χ2n) is 5.21. The van der Waals surface area contributed by atoms with Crippen molar-refractivity contribution >= 4 is 0 Å². The Labute approximate surface area is 115 Å². The Hall–Kier alpha value is -1.53. The number of hydrogen-bond acceptors (Lipinski definition) is 3. The van der Waals surface area contributed by atoms with E-state index in [4.69, 9.17) is 4.74 Å². The molecule has 2 unspecified atom stereocenters. The van der Waals surface area contributed by atoms with Crippen LogP contribution in [0.15, 0.2) is 24.3 Å². The summed E-state index contributed by atoms with van der Waals surface area (Å²) in [6, 6.07) is 10.7. The number of rotatable bonds is 5. The van der Waals surface area contributed by atoms with Crippen LogP contribution in [-0.4, -0.2) is 18.2 Å². The fraction of sp³-hybridized carbons (Fsp3) is 0.562. The minimum atomic E-state index is -0.387. The molecule has 0 radical (unpaired) electrons. The van der Waals surface area contributed by atoms with E-state index in [2.05, 4.69) is 30.4 Å². The van der Waals surface area contributed by atoms with Gasteiger partial charge in [-0.2, -0.15) is 5.26 Å². The van der Waals surface area contributed by atoms with Crippen molar-refractivity contribution in [2.24, 2.45) is 0 Å². The predicted molar refractivity (Wildman–Crippen MR) is 76.1 cm³/mol. The quantitative estimate of drug-likeness (QED) is 0.883. The minimum absolute atomic E-state index is 0.144. The lowest BCUT2D eigenvalue weighted by Gasteiger charge is -2.22. The van der Waals surface area contributed by atoms with Crippen molar-refractivity contribution < 1.29 is 4.74 Å². The van der Waals surface area contributed by atoms with Crippen LogP contribution in [0.3, 0.4) is 0 Å². The summed E-state index contributed by atoms with van der Waals surface area (Å²) >= 11 is 0. The van der Waals surface area contributed by atoms with Gasteiger partial charge in [-0.1, -0.05) is 26.0 Å². The van der Waals surface area contributed by atoms with Crippen LogP contribution in [-0.2, 0) is 6.42 Å². The van der Waals surface area contributed by atoms with Crippen molar-refractivity contribution in [1.29, 1.82) is 5.26 Å². The van der Waals surface area contributed by atoms with Crippen LogP contribution in [0.5, 0.6) is 5.75 Å². The molecule has 1 fully saturated rings. The summed E-state index contributed by atoms with van der Waals surface area (Å²) in [5.74, 6) is 0.926. The third-order valence-electron chi connectivity index (χ3n) is 3.81. The summed E-state index contributed by atoms with van der Waals surface area (Å²) < 4.78 is 6.03. The highest BCUT2D eigenvalue weighted by Gasteiger charge is 2.39. The molecule has 0 spiro atoms. The first-order valence-corrected chi connectivity index (χ1v) is 7.13. The van der Waals surface area contributed by atoms with E-state index in [0.717, 1.165) is 38.0 Å². The SMILES string of the molecule is CCNC1(C#N)CCC(Oc2cccc(CC)c2)C1. The summed E-state index contributed by atoms with van der Waals surface area (Å²) in [7, 11) is 0. The first-order chi connectivity index (χ1) is 9.21. The summed E-state index contributed by atoms with van der Waals surface area (Å²) in [6.45, 7) is 5.00. The van der Waals surface area contributed by atoms with Gasteiger partial charge in [0, 0.05) is 6.42 Å². The monoisotopic (exact) mass is 258 g/mol. The molecule has 102 valence electrons. The van der Waals surface area contributed by atoms with Gasteiger partial charge in [-0.05, 0) is 43.5 Å². The molecule has 0 aromatic heterocycles. The lowest BCUT2D eigenvalue weighted by atomic mass is 10.00. The molecule has 1 N–H and O–H groups in total. The highest BCUT2D eigenvalue weighted by atomic mass is 16.5. The first-order valence-electron chi connectivity index (χ1n) is 7.13. The normalized spacial score (nSPS) is 26.1. The molecule has 0 aliphatic heterocycles. The van der Waals surface area contributed by atoms with Gasteiger partial charge in [-0.15, -0.1) is 0 Å². The molecule has 3 nitrogen and oxygen atoms in total. The fourth-order valence-electron chi connectivity index (χ4n) is 2.77. The van der Waals surface area contributed by atoms with Crippen LogP contribution < -0.4 is 10.1 Å². The number of nitrogens with zero attached hydrogens (tertiary/aromatic N) is 1. The van der Waals surface area contributed by atoms with Crippen molar-refractivity contribution in [1.82, 2.24) is 5.32 Å². The number of aryl methyl sites for hydroxylation is 1. The molecule has 0 heterocycles. The number of hydrogen-bond donors (Lipinski definition) is 1. The van der Waals surface area contributed by atoms with Gasteiger partial charge in [-0.3, -0.25) is 5.32 Å². The smallest absolute Gasteiger partial charge is 0.119 e. The Kier molecular flexibility index (Phi) is 4.44. The van der Waals surface area contributed by atoms with Gasteiger partial charge in [0.15, 0.2) is 0 Å². The Morgan fingerprint density at radius 3 is 3.00 bits per heavy atom. The molecule has 3 heteroatoms. The van der Waals surface area contributed by atoms with Crippen molar-refractivity contribution in [2.45, 2.75) is 51.2 Å². The standard InChI is InChI=1S/C16H22N2O/c1-3-13-6-5-7-14(10-13)19-15-8-9-16(11-15,12-17)18-4-2/h5-7,10,15,18H,3-4,8-9,11H2,1-2H3. The van der Waals surface area contributed by atoms with E-state index in [-0.39, 0.29) is 11.6 Å². The highest BCUT2D eigenvalue weighted by molar-refractivity contribution is 5.29. The number of nitrogens with one attached hydrogen (secondary N) is 1. The van der Waals surface area contributed by atoms with Crippen molar-refractivity contribution in [3.63, 3.8) is 0 Å². The first kappa shape index (κ1) is 13.9. The lowest BCUT2D eigenvalue weighted by Crippen LogP contribution is -2.42. The van der Waals surface area contributed by atoms with Gasteiger partial charge in [0.2, 0.25) is 0 Å². The van der Waals surface area contributed by atoms with Gasteiger partial charge in [0.25, 0.3) is 0 Å². The fourth-order valence-corrected chi connectivity index (χ4v) is 2.77. The zero-order chi connectivity index (χ0) is 13.7. The molecule has 1 aromatic carbocycles. The number of nitriles is 1. The van der Waals surface area contributed by atoms with Gasteiger partial charge in [0.05, 0.1) is 6.07 Å². The molecule has 2 rings (SSSR count). The van der Waals surface area contributed by atoms with Crippen LogP contribution in [0, 0.1) is 11.3 Å². The summed E-state index contributed by atoms with van der Waals surface area (Å²) in [5.41, 5.74) is 0.899. The molecule has 2 atom stereocenters. The summed E-state index contributed by atoms with van der Waals surface area (Å²) in [4.78, 5) is 0. The van der Waals surface area contributed by atoms with E-state index < -0.39 is 0 Å². The molecular formula is C16H22N2O. The summed E-state index contributed by atoms with van der Waals surface area (Å²) in [6.07, 6.45) is 3.74. The van der Waals surface area contributed by atoms with E-state index in [1.807, 2.05) is 19.1 Å². The van der Waals surface area contributed by atoms with E-state index in [9.17, 15) is 5.26 Å². The lowest BCUT2D eigenvalue weighted by molar-refractivity contribution is 0.201. The topological polar surface area (TPSA) is 45.0 Å². The van der Waals surface area contributed by atoms with Gasteiger partial charge in [0.1, 0.15) is 17.4 Å². The Morgan fingerprint density at radius 2 is 2.32 bits per heavy atom. The molecule has 19 heavy (non-hydrogen) atoms. The van der Waals surface area contributed by atoms with E-state index in [0.29, 0.717) is 0 Å². The number of benzene rings is 1. The third-order valence-corrected chi connectivity index (χ3v) is 3.81. The molecule has 1 saturated carbocycles. The van der Waals surface area contributed by atoms with Gasteiger partial charge >= 0.3 is 0 Å². The minimum Gasteiger partial charge on any atom is -0.490 e. The van der Waals surface area contributed by atoms with Crippen molar-refractivity contribution in [3.05, 3.63) is 29.8 Å². The third kappa shape index (κ3) is 3.27. The Balaban J connectivity index is 2.00. The second kappa shape index (κ2) is 6.08. The molecule has 0 saturated heterocycles. The molecule has 1 aromatic rings. The van der Waals surface area contributed by atoms with E-state index in [1.54, 1.807) is 0 Å². The van der Waals surface area contributed by atoms with Gasteiger partial charge < -0.3 is 4.74 Å². The zero-order valence-corrected chi connectivity index (χ0v) is 11.8. The molecule has 0 amide bonds.